The number of nitrogens with one attached hydrogen (secondary N) is 3. The maximum absolute atomic E-state index is 11.5. The van der Waals surface area contributed by atoms with E-state index in [0.29, 0.717) is 4.88 Å². The van der Waals surface area contributed by atoms with Crippen molar-refractivity contribution in [2.45, 2.75) is 13.5 Å². The summed E-state index contributed by atoms with van der Waals surface area (Å²) in [6.45, 7) is 1.38. The first kappa shape index (κ1) is 19.9. The van der Waals surface area contributed by atoms with E-state index in [1.807, 2.05) is 5.32 Å². The van der Waals surface area contributed by atoms with Crippen LogP contribution < -0.4 is 16.0 Å². The molecular weight excluding hydrogens is 358 g/mol. The Balaban J connectivity index is 2.65. The lowest BCUT2D eigenvalue weighted by Gasteiger charge is -2.06. The lowest BCUT2D eigenvalue weighted by atomic mass is 10.3. The molecule has 3 amide bonds. The maximum Gasteiger partial charge on any atom is 0.394 e. The second-order valence-electron chi connectivity index (χ2n) is 4.36. The average molecular weight is 373 g/mol. The third kappa shape index (κ3) is 6.47. The van der Waals surface area contributed by atoms with Crippen LogP contribution in [0.1, 0.15) is 22.2 Å². The molecule has 1 aromatic heterocycles. The zero-order valence-electron chi connectivity index (χ0n) is 13.0. The number of carbonyl (C=O) groups is 5. The first-order valence-electron chi connectivity index (χ1n) is 6.82. The monoisotopic (exact) mass is 373 g/mol. The van der Waals surface area contributed by atoms with E-state index in [1.165, 1.54) is 6.07 Å². The van der Waals surface area contributed by atoms with Gasteiger partial charge < -0.3 is 30.9 Å². The standard InChI is InChI=1S/C13H15N3O8S/c1-2-24-8(17)5-15-13(23)14-4-6-3-7(11(19)20)10(25-6)16-9(18)12(21)22/h3H,2,4-5H2,1H3,(H,16,18)(H,19,20)(H,21,22)(H2,14,15,23). The van der Waals surface area contributed by atoms with Crippen LogP contribution in [-0.2, 0) is 25.7 Å². The quantitative estimate of drug-likeness (QED) is 0.324. The van der Waals surface area contributed by atoms with Crippen molar-refractivity contribution in [1.29, 1.82) is 0 Å². The molecule has 0 aromatic carbocycles. The topological polar surface area (TPSA) is 171 Å². The first-order valence-corrected chi connectivity index (χ1v) is 7.63. The lowest BCUT2D eigenvalue weighted by molar-refractivity contribution is -0.147. The van der Waals surface area contributed by atoms with Gasteiger partial charge in [0, 0.05) is 4.88 Å². The summed E-state index contributed by atoms with van der Waals surface area (Å²) in [6, 6.07) is 0.505. The number of anilines is 1. The summed E-state index contributed by atoms with van der Waals surface area (Å²) >= 11 is 0.798. The summed E-state index contributed by atoms with van der Waals surface area (Å²) in [5.41, 5.74) is -0.302. The molecule has 0 aliphatic carbocycles. The summed E-state index contributed by atoms with van der Waals surface area (Å²) in [5, 5.41) is 24.0. The number of carboxylic acids is 2. The fourth-order valence-electron chi connectivity index (χ4n) is 1.53. The van der Waals surface area contributed by atoms with E-state index in [0.717, 1.165) is 11.3 Å². The summed E-state index contributed by atoms with van der Waals surface area (Å²) in [7, 11) is 0. The van der Waals surface area contributed by atoms with Crippen LogP contribution in [0.3, 0.4) is 0 Å². The highest BCUT2D eigenvalue weighted by atomic mass is 32.1. The van der Waals surface area contributed by atoms with Crippen LogP contribution >= 0.6 is 11.3 Å². The maximum atomic E-state index is 11.5. The predicted molar refractivity (Wildman–Crippen MR) is 84.4 cm³/mol. The number of ether oxygens (including phenoxy) is 1. The van der Waals surface area contributed by atoms with Crippen molar-refractivity contribution in [1.82, 2.24) is 10.6 Å². The Kier molecular flexibility index (Phi) is 7.34. The summed E-state index contributed by atoms with van der Waals surface area (Å²) in [5.74, 6) is -5.12. The Labute approximate surface area is 145 Å². The van der Waals surface area contributed by atoms with Gasteiger partial charge >= 0.3 is 29.8 Å². The number of urea groups is 1. The highest BCUT2D eigenvalue weighted by molar-refractivity contribution is 7.16. The molecule has 1 aromatic rings. The predicted octanol–water partition coefficient (Wildman–Crippen LogP) is -0.168. The zero-order chi connectivity index (χ0) is 19.0. The molecule has 0 bridgehead atoms. The van der Waals surface area contributed by atoms with Gasteiger partial charge in [-0.15, -0.1) is 11.3 Å². The average Bonchev–Trinajstić information content (AvgIpc) is 2.94. The molecule has 136 valence electrons. The number of thiophene rings is 1. The molecule has 0 spiro atoms. The number of esters is 1. The van der Waals surface area contributed by atoms with Crippen LogP contribution in [-0.4, -0.2) is 53.2 Å². The van der Waals surface area contributed by atoms with E-state index < -0.39 is 29.8 Å². The van der Waals surface area contributed by atoms with Crippen molar-refractivity contribution < 1.29 is 38.9 Å². The van der Waals surface area contributed by atoms with Crippen molar-refractivity contribution in [3.63, 3.8) is 0 Å². The van der Waals surface area contributed by atoms with Gasteiger partial charge in [0.1, 0.15) is 11.5 Å². The summed E-state index contributed by atoms with van der Waals surface area (Å²) < 4.78 is 4.62. The fourth-order valence-corrected chi connectivity index (χ4v) is 2.52. The molecule has 0 saturated heterocycles. The van der Waals surface area contributed by atoms with Crippen molar-refractivity contribution >= 4 is 46.2 Å². The summed E-state index contributed by atoms with van der Waals surface area (Å²) in [4.78, 5) is 55.8. The van der Waals surface area contributed by atoms with Crippen LogP contribution in [0.25, 0.3) is 0 Å². The van der Waals surface area contributed by atoms with E-state index in [2.05, 4.69) is 15.4 Å². The SMILES string of the molecule is CCOC(=O)CNC(=O)NCc1cc(C(=O)O)c(NC(=O)C(=O)O)s1. The smallest absolute Gasteiger partial charge is 0.394 e. The van der Waals surface area contributed by atoms with Crippen LogP contribution in [0.2, 0.25) is 0 Å². The van der Waals surface area contributed by atoms with E-state index in [1.54, 1.807) is 6.92 Å². The Morgan fingerprint density at radius 2 is 1.84 bits per heavy atom. The van der Waals surface area contributed by atoms with Gasteiger partial charge in [0.15, 0.2) is 0 Å². The van der Waals surface area contributed by atoms with Gasteiger partial charge in [-0.25, -0.2) is 14.4 Å². The van der Waals surface area contributed by atoms with E-state index in [9.17, 15) is 24.0 Å². The molecule has 0 fully saturated rings. The fraction of sp³-hybridized carbons (Fsp3) is 0.308. The molecule has 0 saturated carbocycles. The molecule has 1 heterocycles. The molecule has 1 rings (SSSR count). The second-order valence-corrected chi connectivity index (χ2v) is 5.50. The Bertz CT molecular complexity index is 699. The molecule has 0 aliphatic heterocycles. The third-order valence-corrected chi connectivity index (χ3v) is 3.61. The minimum absolute atomic E-state index is 0.0947. The molecule has 11 nitrogen and oxygen atoms in total. The Morgan fingerprint density at radius 3 is 2.40 bits per heavy atom. The van der Waals surface area contributed by atoms with E-state index >= 15 is 0 Å². The lowest BCUT2D eigenvalue weighted by Crippen LogP contribution is -2.38. The molecule has 12 heteroatoms. The van der Waals surface area contributed by atoms with Gasteiger partial charge in [-0.3, -0.25) is 9.59 Å². The number of amides is 3. The number of aliphatic carboxylic acids is 1. The van der Waals surface area contributed by atoms with E-state index in [-0.39, 0.29) is 30.3 Å². The third-order valence-electron chi connectivity index (χ3n) is 2.56. The molecular formula is C13H15N3O8S. The normalized spacial score (nSPS) is 9.80. The van der Waals surface area contributed by atoms with E-state index in [4.69, 9.17) is 10.2 Å². The summed E-state index contributed by atoms with van der Waals surface area (Å²) in [6.07, 6.45) is 0. The van der Waals surface area contributed by atoms with Crippen LogP contribution in [0, 0.1) is 0 Å². The molecule has 0 atom stereocenters. The van der Waals surface area contributed by atoms with Crippen LogP contribution in [0.15, 0.2) is 6.07 Å². The van der Waals surface area contributed by atoms with Crippen molar-refractivity contribution in [2.24, 2.45) is 0 Å². The number of rotatable bonds is 7. The molecule has 0 unspecified atom stereocenters. The van der Waals surface area contributed by atoms with Gasteiger partial charge in [0.05, 0.1) is 18.7 Å². The minimum Gasteiger partial charge on any atom is -0.478 e. The van der Waals surface area contributed by atoms with Crippen LogP contribution in [0.5, 0.6) is 0 Å². The Hall–Kier alpha value is -3.15. The number of hydrogen-bond acceptors (Lipinski definition) is 7. The first-order chi connectivity index (χ1) is 11.7. The number of carbonyl (C=O) groups excluding carboxylic acids is 3. The van der Waals surface area contributed by atoms with Gasteiger partial charge in [-0.05, 0) is 13.0 Å². The minimum atomic E-state index is -1.76. The highest BCUT2D eigenvalue weighted by Gasteiger charge is 2.20. The molecule has 25 heavy (non-hydrogen) atoms. The highest BCUT2D eigenvalue weighted by Crippen LogP contribution is 2.28. The number of carboxylic acid groups (broad SMARTS) is 2. The van der Waals surface area contributed by atoms with Gasteiger partial charge in [-0.1, -0.05) is 0 Å². The largest absolute Gasteiger partial charge is 0.478 e. The number of hydrogen-bond donors (Lipinski definition) is 5. The second kappa shape index (κ2) is 9.22. The van der Waals surface area contributed by atoms with Crippen molar-refractivity contribution in [3.8, 4) is 0 Å². The van der Waals surface area contributed by atoms with Gasteiger partial charge in [0.25, 0.3) is 0 Å². The molecule has 0 aliphatic rings. The van der Waals surface area contributed by atoms with Crippen LogP contribution in [0.4, 0.5) is 9.80 Å². The van der Waals surface area contributed by atoms with Crippen molar-refractivity contribution in [3.05, 3.63) is 16.5 Å². The molecule has 5 N–H and O–H groups in total. The number of aromatic carboxylic acids is 1. The van der Waals surface area contributed by atoms with Gasteiger partial charge in [0.2, 0.25) is 0 Å². The van der Waals surface area contributed by atoms with Gasteiger partial charge in [-0.2, -0.15) is 0 Å². The van der Waals surface area contributed by atoms with Crippen molar-refractivity contribution in [2.75, 3.05) is 18.5 Å². The zero-order valence-corrected chi connectivity index (χ0v) is 13.8. The molecule has 0 radical (unpaired) electrons. The Morgan fingerprint density at radius 1 is 1.16 bits per heavy atom.